The molecule has 128 valence electrons. The monoisotopic (exact) mass is 320 g/mol. The van der Waals surface area contributed by atoms with Gasteiger partial charge in [-0.15, -0.1) is 0 Å². The number of hydrogen-bond donors (Lipinski definition) is 3. The van der Waals surface area contributed by atoms with Crippen molar-refractivity contribution in [1.82, 2.24) is 0 Å². The Morgan fingerprint density at radius 1 is 1.18 bits per heavy atom. The number of nitrogens with two attached hydrogens (primary N) is 1. The van der Waals surface area contributed by atoms with Crippen LogP contribution in [0.2, 0.25) is 0 Å². The van der Waals surface area contributed by atoms with Crippen molar-refractivity contribution in [3.63, 3.8) is 0 Å². The molecule has 0 aromatic rings. The van der Waals surface area contributed by atoms with E-state index < -0.39 is 48.5 Å². The molecule has 0 heterocycles. The van der Waals surface area contributed by atoms with Gasteiger partial charge >= 0.3 is 5.97 Å². The van der Waals surface area contributed by atoms with Gasteiger partial charge in [0.2, 0.25) is 5.91 Å². The number of carbonyl (C=O) groups is 3. The third kappa shape index (κ3) is 7.34. The number of quaternary nitrogens is 1. The maximum absolute atomic E-state index is 11.8. The van der Waals surface area contributed by atoms with Crippen LogP contribution in [-0.2, 0) is 19.1 Å². The molecule has 4 unspecified atom stereocenters. The van der Waals surface area contributed by atoms with Crippen molar-refractivity contribution in [2.45, 2.75) is 31.7 Å². The molecule has 9 heteroatoms. The first kappa shape index (κ1) is 20.3. The van der Waals surface area contributed by atoms with Crippen molar-refractivity contribution in [2.75, 3.05) is 27.7 Å². The third-order valence-corrected chi connectivity index (χ3v) is 2.96. The number of esters is 1. The number of amides is 1. The van der Waals surface area contributed by atoms with E-state index in [1.54, 1.807) is 21.1 Å². The van der Waals surface area contributed by atoms with E-state index in [4.69, 9.17) is 10.5 Å². The number of nitrogens with zero attached hydrogens (tertiary/aromatic N) is 1. The van der Waals surface area contributed by atoms with Crippen LogP contribution in [0.15, 0.2) is 0 Å². The highest BCUT2D eigenvalue weighted by Gasteiger charge is 2.34. The second-order valence-corrected chi connectivity index (χ2v) is 6.26. The Kier molecular flexibility index (Phi) is 7.44. The zero-order valence-electron chi connectivity index (χ0n) is 13.2. The summed E-state index contributed by atoms with van der Waals surface area (Å²) in [6.07, 6.45) is -5.06. The molecule has 0 fully saturated rings. The molecule has 0 bridgehead atoms. The number of hydrogen-bond acceptors (Lipinski definition) is 7. The number of aliphatic hydroxyl groups excluding tert-OH is 2. The minimum absolute atomic E-state index is 0.180. The van der Waals surface area contributed by atoms with E-state index in [-0.39, 0.29) is 6.54 Å². The molecule has 0 spiro atoms. The number of carbonyl (C=O) groups excluding carboxylic acids is 3. The Bertz CT molecular complexity index is 419. The number of carboxylic acid groups (broad SMARTS) is 1. The lowest BCUT2D eigenvalue weighted by atomic mass is 9.97. The minimum Gasteiger partial charge on any atom is -0.550 e. The van der Waals surface area contributed by atoms with Crippen molar-refractivity contribution >= 4 is 17.8 Å². The average molecular weight is 320 g/mol. The Morgan fingerprint density at radius 2 is 1.68 bits per heavy atom. The zero-order chi connectivity index (χ0) is 17.7. The molecule has 0 rings (SSSR count). The number of aliphatic carboxylic acids is 1. The first-order valence-corrected chi connectivity index (χ1v) is 6.71. The molecule has 0 aromatic carbocycles. The summed E-state index contributed by atoms with van der Waals surface area (Å²) in [4.78, 5) is 33.4. The van der Waals surface area contributed by atoms with Crippen LogP contribution in [0.4, 0.5) is 0 Å². The lowest BCUT2D eigenvalue weighted by molar-refractivity contribution is -0.873. The van der Waals surface area contributed by atoms with E-state index in [0.29, 0.717) is 4.48 Å². The van der Waals surface area contributed by atoms with Crippen molar-refractivity contribution in [1.29, 1.82) is 0 Å². The summed E-state index contributed by atoms with van der Waals surface area (Å²) >= 11 is 0. The fourth-order valence-corrected chi connectivity index (χ4v) is 1.82. The largest absolute Gasteiger partial charge is 0.550 e. The van der Waals surface area contributed by atoms with E-state index in [1.807, 2.05) is 0 Å². The van der Waals surface area contributed by atoms with Gasteiger partial charge in [-0.1, -0.05) is 6.92 Å². The van der Waals surface area contributed by atoms with Crippen LogP contribution < -0.4 is 10.8 Å². The highest BCUT2D eigenvalue weighted by Crippen LogP contribution is 2.13. The Hall–Kier alpha value is -1.71. The number of likely N-dealkylation sites (N-methyl/N-ethyl adjacent to an activating group) is 1. The topological polar surface area (TPSA) is 150 Å². The van der Waals surface area contributed by atoms with Gasteiger partial charge in [-0.05, 0) is 0 Å². The van der Waals surface area contributed by atoms with Crippen molar-refractivity contribution < 1.29 is 38.9 Å². The molecular weight excluding hydrogens is 296 g/mol. The molecule has 0 aromatic heterocycles. The summed E-state index contributed by atoms with van der Waals surface area (Å²) in [6.45, 7) is 1.42. The summed E-state index contributed by atoms with van der Waals surface area (Å²) in [7, 11) is 5.31. The summed E-state index contributed by atoms with van der Waals surface area (Å²) in [5.41, 5.74) is 4.88. The second-order valence-electron chi connectivity index (χ2n) is 6.26. The van der Waals surface area contributed by atoms with Crippen LogP contribution in [0.25, 0.3) is 0 Å². The smallest absolute Gasteiger partial charge is 0.335 e. The molecule has 22 heavy (non-hydrogen) atoms. The van der Waals surface area contributed by atoms with E-state index in [9.17, 15) is 29.7 Å². The van der Waals surface area contributed by atoms with Crippen LogP contribution in [0.1, 0.15) is 13.3 Å². The molecule has 0 radical (unpaired) electrons. The number of aliphatic hydroxyl groups is 2. The van der Waals surface area contributed by atoms with Gasteiger partial charge in [0.05, 0.1) is 21.1 Å². The Morgan fingerprint density at radius 3 is 2.05 bits per heavy atom. The lowest BCUT2D eigenvalue weighted by Crippen LogP contribution is -2.48. The first-order chi connectivity index (χ1) is 9.85. The fraction of sp³-hybridized carbons (Fsp3) is 0.769. The van der Waals surface area contributed by atoms with Crippen molar-refractivity contribution in [3.8, 4) is 0 Å². The summed E-state index contributed by atoms with van der Waals surface area (Å²) in [6, 6.07) is 0. The van der Waals surface area contributed by atoms with Gasteiger partial charge in [-0.2, -0.15) is 0 Å². The molecule has 4 atom stereocenters. The second kappa shape index (κ2) is 8.06. The highest BCUT2D eigenvalue weighted by molar-refractivity contribution is 5.81. The normalized spacial score (nSPS) is 17.2. The molecule has 0 aliphatic carbocycles. The molecule has 0 aliphatic heterocycles. The van der Waals surface area contributed by atoms with Crippen LogP contribution in [0.5, 0.6) is 0 Å². The predicted octanol–water partition coefficient (Wildman–Crippen LogP) is -3.41. The molecule has 0 aliphatic rings. The number of primary amides is 1. The fourth-order valence-electron chi connectivity index (χ4n) is 1.82. The van der Waals surface area contributed by atoms with Gasteiger partial charge < -0.3 is 35.1 Å². The van der Waals surface area contributed by atoms with E-state index in [2.05, 4.69) is 0 Å². The summed E-state index contributed by atoms with van der Waals surface area (Å²) in [5, 5.41) is 29.9. The summed E-state index contributed by atoms with van der Waals surface area (Å²) < 4.78 is 5.28. The van der Waals surface area contributed by atoms with Gasteiger partial charge in [0.1, 0.15) is 12.6 Å². The van der Waals surface area contributed by atoms with Gasteiger partial charge in [0.25, 0.3) is 0 Å². The molecular formula is C13H24N2O7. The van der Waals surface area contributed by atoms with E-state index in [0.717, 1.165) is 0 Å². The van der Waals surface area contributed by atoms with Gasteiger partial charge in [-0.3, -0.25) is 4.79 Å². The average Bonchev–Trinajstić information content (AvgIpc) is 2.32. The predicted molar refractivity (Wildman–Crippen MR) is 72.8 cm³/mol. The summed E-state index contributed by atoms with van der Waals surface area (Å²) in [5.74, 6) is -4.80. The van der Waals surface area contributed by atoms with Crippen LogP contribution in [0.3, 0.4) is 0 Å². The van der Waals surface area contributed by atoms with Gasteiger partial charge in [-0.25, -0.2) is 4.79 Å². The van der Waals surface area contributed by atoms with Crippen molar-refractivity contribution in [2.24, 2.45) is 11.7 Å². The number of carboxylic acids is 1. The van der Waals surface area contributed by atoms with Gasteiger partial charge in [0.15, 0.2) is 12.2 Å². The maximum atomic E-state index is 11.8. The minimum atomic E-state index is -1.81. The molecule has 0 saturated heterocycles. The van der Waals surface area contributed by atoms with Crippen LogP contribution >= 0.6 is 0 Å². The first-order valence-electron chi connectivity index (χ1n) is 6.71. The quantitative estimate of drug-likeness (QED) is 0.296. The van der Waals surface area contributed by atoms with Gasteiger partial charge in [0, 0.05) is 18.3 Å². The third-order valence-electron chi connectivity index (χ3n) is 2.96. The Labute approximate surface area is 128 Å². The molecule has 1 amide bonds. The molecule has 0 saturated carbocycles. The van der Waals surface area contributed by atoms with Crippen molar-refractivity contribution in [3.05, 3.63) is 0 Å². The van der Waals surface area contributed by atoms with E-state index in [1.165, 1.54) is 6.92 Å². The number of rotatable bonds is 9. The number of ether oxygens (including phenoxy) is 1. The standard InChI is InChI=1S/C13H24N2O7/c1-7(10(18)12(14)20)11(19)13(21)22-8(5-9(16)17)6-15(2,3)4/h7-8,10-11,18-19H,5-6H2,1-4H3,(H2-,14,16,17,20). The Balaban J connectivity index is 4.86. The lowest BCUT2D eigenvalue weighted by Gasteiger charge is -2.30. The zero-order valence-corrected chi connectivity index (χ0v) is 13.2. The maximum Gasteiger partial charge on any atom is 0.335 e. The molecule has 9 nitrogen and oxygen atoms in total. The SMILES string of the molecule is CC(C(O)C(N)=O)C(O)C(=O)OC(CC(=O)[O-])C[N+](C)(C)C. The van der Waals surface area contributed by atoms with E-state index >= 15 is 0 Å². The molecule has 4 N–H and O–H groups in total. The van der Waals surface area contributed by atoms with Crippen LogP contribution in [0, 0.1) is 5.92 Å². The highest BCUT2D eigenvalue weighted by atomic mass is 16.6. The van der Waals surface area contributed by atoms with Crippen LogP contribution in [-0.4, -0.2) is 78.5 Å².